The first-order valence-corrected chi connectivity index (χ1v) is 9.54. The number of piperazine rings is 1. The van der Waals surface area contributed by atoms with Gasteiger partial charge in [0.2, 0.25) is 0 Å². The van der Waals surface area contributed by atoms with E-state index in [1.807, 2.05) is 32.2 Å². The molecule has 3 aromatic rings. The largest absolute Gasteiger partial charge is 0.507 e. The van der Waals surface area contributed by atoms with Crippen molar-refractivity contribution in [3.8, 4) is 28.3 Å². The summed E-state index contributed by atoms with van der Waals surface area (Å²) in [5.74, 6) is 1.34. The van der Waals surface area contributed by atoms with Crippen LogP contribution in [-0.2, 0) is 0 Å². The van der Waals surface area contributed by atoms with E-state index in [4.69, 9.17) is 4.98 Å². The Balaban J connectivity index is 1.59. The number of anilines is 1. The van der Waals surface area contributed by atoms with E-state index in [9.17, 15) is 5.11 Å². The normalized spacial score (nSPS) is 15.0. The third-order valence-corrected chi connectivity index (χ3v) is 5.29. The lowest BCUT2D eigenvalue weighted by molar-refractivity contribution is 0.312. The summed E-state index contributed by atoms with van der Waals surface area (Å²) in [4.78, 5) is 18.4. The monoisotopic (exact) mass is 375 g/mol. The third-order valence-electron chi connectivity index (χ3n) is 5.29. The van der Waals surface area contributed by atoms with E-state index in [2.05, 4.69) is 38.9 Å². The summed E-state index contributed by atoms with van der Waals surface area (Å²) in [7, 11) is 2.15. The average molecular weight is 375 g/mol. The Bertz CT molecular complexity index is 955. The number of benzene rings is 1. The van der Waals surface area contributed by atoms with E-state index in [0.717, 1.165) is 65.6 Å². The number of aromatic hydroxyl groups is 1. The van der Waals surface area contributed by atoms with Crippen LogP contribution in [0.2, 0.25) is 0 Å². The lowest BCUT2D eigenvalue weighted by Crippen LogP contribution is -2.44. The van der Waals surface area contributed by atoms with Gasteiger partial charge >= 0.3 is 0 Å². The maximum atomic E-state index is 10.0. The Labute approximate surface area is 165 Å². The predicted molar refractivity (Wildman–Crippen MR) is 112 cm³/mol. The van der Waals surface area contributed by atoms with Gasteiger partial charge in [0.15, 0.2) is 0 Å². The van der Waals surface area contributed by atoms with Crippen LogP contribution in [0.25, 0.3) is 22.5 Å². The lowest BCUT2D eigenvalue weighted by atomic mass is 10.0. The molecule has 1 fully saturated rings. The van der Waals surface area contributed by atoms with E-state index in [0.29, 0.717) is 5.75 Å². The van der Waals surface area contributed by atoms with Gasteiger partial charge in [0.25, 0.3) is 0 Å². The molecule has 0 saturated carbocycles. The standard InChI is InChI=1S/C22H25N5O/c1-15-10-18(11-16(2)22(15)28)20-14-23-13-19(25-20)17-4-5-21(24-12-17)27-8-6-26(3)7-9-27/h4-5,10-14,28H,6-9H2,1-3H3. The number of likely N-dealkylation sites (N-methyl/N-ethyl adjacent to an activating group) is 1. The SMILES string of the molecule is Cc1cc(-c2cncc(-c3ccc(N4CCN(C)CC4)nc3)n2)cc(C)c1O. The van der Waals surface area contributed by atoms with Gasteiger partial charge in [-0.25, -0.2) is 9.97 Å². The first-order chi connectivity index (χ1) is 13.5. The smallest absolute Gasteiger partial charge is 0.128 e. The van der Waals surface area contributed by atoms with Crippen LogP contribution in [0.5, 0.6) is 5.75 Å². The number of aromatic nitrogens is 3. The number of phenols is 1. The molecule has 1 N–H and O–H groups in total. The van der Waals surface area contributed by atoms with Crippen LogP contribution >= 0.6 is 0 Å². The number of hydrogen-bond acceptors (Lipinski definition) is 6. The molecule has 0 bridgehead atoms. The van der Waals surface area contributed by atoms with E-state index in [-0.39, 0.29) is 0 Å². The first-order valence-electron chi connectivity index (χ1n) is 9.54. The van der Waals surface area contributed by atoms with Crippen molar-refractivity contribution >= 4 is 5.82 Å². The second-order valence-electron chi connectivity index (χ2n) is 7.44. The number of pyridine rings is 1. The quantitative estimate of drug-likeness (QED) is 0.758. The highest BCUT2D eigenvalue weighted by Gasteiger charge is 2.15. The number of phenolic OH excluding ortho intramolecular Hbond substituents is 1. The minimum absolute atomic E-state index is 0.330. The number of aryl methyl sites for hydroxylation is 2. The molecule has 144 valence electrons. The molecule has 2 aromatic heterocycles. The zero-order valence-corrected chi connectivity index (χ0v) is 16.6. The first kappa shape index (κ1) is 18.4. The summed E-state index contributed by atoms with van der Waals surface area (Å²) in [5.41, 5.74) is 5.13. The second kappa shape index (κ2) is 7.56. The Morgan fingerprint density at radius 1 is 0.857 bits per heavy atom. The van der Waals surface area contributed by atoms with Crippen molar-refractivity contribution in [3.63, 3.8) is 0 Å². The van der Waals surface area contributed by atoms with Crippen LogP contribution in [-0.4, -0.2) is 58.2 Å². The average Bonchev–Trinajstić information content (AvgIpc) is 2.72. The number of nitrogens with zero attached hydrogens (tertiary/aromatic N) is 5. The summed E-state index contributed by atoms with van der Waals surface area (Å²) >= 11 is 0. The third kappa shape index (κ3) is 3.68. The molecule has 6 nitrogen and oxygen atoms in total. The molecule has 6 heteroatoms. The molecule has 4 rings (SSSR count). The summed E-state index contributed by atoms with van der Waals surface area (Å²) in [6.45, 7) is 7.90. The van der Waals surface area contributed by atoms with Crippen molar-refractivity contribution in [3.05, 3.63) is 54.0 Å². The van der Waals surface area contributed by atoms with E-state index >= 15 is 0 Å². The van der Waals surface area contributed by atoms with Gasteiger partial charge in [-0.15, -0.1) is 0 Å². The van der Waals surface area contributed by atoms with Gasteiger partial charge < -0.3 is 14.9 Å². The fourth-order valence-corrected chi connectivity index (χ4v) is 3.51. The van der Waals surface area contributed by atoms with Gasteiger partial charge in [-0.1, -0.05) is 0 Å². The molecular weight excluding hydrogens is 350 g/mol. The summed E-state index contributed by atoms with van der Waals surface area (Å²) < 4.78 is 0. The Morgan fingerprint density at radius 3 is 2.11 bits per heavy atom. The zero-order chi connectivity index (χ0) is 19.7. The molecule has 1 aliphatic heterocycles. The van der Waals surface area contributed by atoms with Crippen LogP contribution in [0.3, 0.4) is 0 Å². The molecule has 1 saturated heterocycles. The van der Waals surface area contributed by atoms with Crippen molar-refractivity contribution < 1.29 is 5.11 Å². The van der Waals surface area contributed by atoms with Crippen molar-refractivity contribution in [2.24, 2.45) is 0 Å². The van der Waals surface area contributed by atoms with Crippen LogP contribution in [0, 0.1) is 13.8 Å². The van der Waals surface area contributed by atoms with E-state index < -0.39 is 0 Å². The van der Waals surface area contributed by atoms with Gasteiger partial charge in [-0.3, -0.25) is 4.98 Å². The van der Waals surface area contributed by atoms with Gasteiger partial charge in [0.1, 0.15) is 11.6 Å². The molecule has 3 heterocycles. The molecular formula is C22H25N5O. The fraction of sp³-hybridized carbons (Fsp3) is 0.318. The van der Waals surface area contributed by atoms with Gasteiger partial charge in [-0.05, 0) is 56.3 Å². The van der Waals surface area contributed by atoms with Gasteiger partial charge in [0, 0.05) is 43.5 Å². The molecule has 0 radical (unpaired) electrons. The number of hydrogen-bond donors (Lipinski definition) is 1. The molecule has 0 aliphatic carbocycles. The molecule has 28 heavy (non-hydrogen) atoms. The molecule has 1 aromatic carbocycles. The molecule has 1 aliphatic rings. The van der Waals surface area contributed by atoms with Crippen LogP contribution in [0.4, 0.5) is 5.82 Å². The van der Waals surface area contributed by atoms with E-state index in [1.165, 1.54) is 0 Å². The Kier molecular flexibility index (Phi) is 4.96. The molecule has 0 atom stereocenters. The van der Waals surface area contributed by atoms with Gasteiger partial charge in [0.05, 0.1) is 23.8 Å². The number of rotatable bonds is 3. The lowest BCUT2D eigenvalue weighted by Gasteiger charge is -2.33. The van der Waals surface area contributed by atoms with Crippen molar-refractivity contribution in [2.75, 3.05) is 38.1 Å². The van der Waals surface area contributed by atoms with Crippen LogP contribution < -0.4 is 4.90 Å². The highest BCUT2D eigenvalue weighted by molar-refractivity contribution is 5.67. The Morgan fingerprint density at radius 2 is 1.50 bits per heavy atom. The summed E-state index contributed by atoms with van der Waals surface area (Å²) in [5, 5.41) is 10.0. The van der Waals surface area contributed by atoms with Crippen molar-refractivity contribution in [1.29, 1.82) is 0 Å². The highest BCUT2D eigenvalue weighted by Crippen LogP contribution is 2.29. The summed E-state index contributed by atoms with van der Waals surface area (Å²) in [6.07, 6.45) is 5.38. The van der Waals surface area contributed by atoms with Crippen molar-refractivity contribution in [2.45, 2.75) is 13.8 Å². The molecule has 0 spiro atoms. The summed E-state index contributed by atoms with van der Waals surface area (Å²) in [6, 6.07) is 7.99. The molecule has 0 unspecified atom stereocenters. The topological polar surface area (TPSA) is 65.4 Å². The fourth-order valence-electron chi connectivity index (χ4n) is 3.51. The van der Waals surface area contributed by atoms with Gasteiger partial charge in [-0.2, -0.15) is 0 Å². The maximum Gasteiger partial charge on any atom is 0.128 e. The van der Waals surface area contributed by atoms with E-state index in [1.54, 1.807) is 12.4 Å². The maximum absolute atomic E-state index is 10.0. The minimum atomic E-state index is 0.330. The van der Waals surface area contributed by atoms with Crippen LogP contribution in [0.1, 0.15) is 11.1 Å². The molecule has 0 amide bonds. The van der Waals surface area contributed by atoms with Crippen molar-refractivity contribution in [1.82, 2.24) is 19.9 Å². The minimum Gasteiger partial charge on any atom is -0.507 e. The Hall–Kier alpha value is -2.99. The zero-order valence-electron chi connectivity index (χ0n) is 16.6. The second-order valence-corrected chi connectivity index (χ2v) is 7.44. The van der Waals surface area contributed by atoms with Crippen LogP contribution in [0.15, 0.2) is 42.9 Å². The highest BCUT2D eigenvalue weighted by atomic mass is 16.3. The predicted octanol–water partition coefficient (Wildman–Crippen LogP) is 3.28.